The topological polar surface area (TPSA) is 78.4 Å². The van der Waals surface area contributed by atoms with Gasteiger partial charge in [0.2, 0.25) is 5.91 Å². The minimum absolute atomic E-state index is 0.0325. The molecule has 1 amide bonds. The molecule has 0 bridgehead atoms. The van der Waals surface area contributed by atoms with Crippen LogP contribution in [0.25, 0.3) is 0 Å². The molecule has 0 atom stereocenters. The molecule has 0 aromatic heterocycles. The maximum absolute atomic E-state index is 11.5. The molecule has 0 spiro atoms. The Hall–Kier alpha value is -1.10. The number of carbonyl (C=O) groups is 2. The van der Waals surface area contributed by atoms with Crippen LogP contribution in [0.15, 0.2) is 0 Å². The fourth-order valence-corrected chi connectivity index (χ4v) is 2.08. The number of nitrogens with one attached hydrogen (secondary N) is 2. The van der Waals surface area contributed by atoms with Crippen LogP contribution in [0.2, 0.25) is 0 Å². The van der Waals surface area contributed by atoms with Crippen molar-refractivity contribution in [3.8, 4) is 0 Å². The van der Waals surface area contributed by atoms with Crippen molar-refractivity contribution in [2.45, 2.75) is 45.1 Å². The van der Waals surface area contributed by atoms with Crippen molar-refractivity contribution in [3.63, 3.8) is 0 Å². The molecule has 0 unspecified atom stereocenters. The first kappa shape index (κ1) is 14.0. The van der Waals surface area contributed by atoms with E-state index in [1.54, 1.807) is 0 Å². The van der Waals surface area contributed by atoms with Gasteiger partial charge in [0.15, 0.2) is 0 Å². The molecule has 1 saturated carbocycles. The van der Waals surface area contributed by atoms with Crippen LogP contribution in [0.3, 0.4) is 0 Å². The molecule has 1 rings (SSSR count). The summed E-state index contributed by atoms with van der Waals surface area (Å²) >= 11 is 0. The molecule has 5 nitrogen and oxygen atoms in total. The molecule has 0 aliphatic heterocycles. The van der Waals surface area contributed by atoms with Gasteiger partial charge in [-0.05, 0) is 31.6 Å². The Labute approximate surface area is 102 Å². The zero-order valence-corrected chi connectivity index (χ0v) is 10.4. The molecule has 98 valence electrons. The van der Waals surface area contributed by atoms with E-state index in [9.17, 15) is 9.59 Å². The third-order valence-electron chi connectivity index (χ3n) is 3.18. The van der Waals surface area contributed by atoms with E-state index in [-0.39, 0.29) is 18.9 Å². The van der Waals surface area contributed by atoms with Crippen molar-refractivity contribution < 1.29 is 14.7 Å². The number of amides is 1. The van der Waals surface area contributed by atoms with Gasteiger partial charge in [-0.25, -0.2) is 0 Å². The molecule has 0 heterocycles. The molecule has 0 saturated heterocycles. The smallest absolute Gasteiger partial charge is 0.304 e. The number of carboxylic acids is 1. The van der Waals surface area contributed by atoms with Crippen molar-refractivity contribution in [1.29, 1.82) is 0 Å². The standard InChI is InChI=1S/C12H22N2O3/c1-9-2-4-10(5-3-9)14-11(15)8-13-7-6-12(16)17/h9-10,13H,2-8H2,1H3,(H,14,15)(H,16,17). The number of hydrogen-bond acceptors (Lipinski definition) is 3. The molecule has 5 heteroatoms. The minimum atomic E-state index is -0.848. The highest BCUT2D eigenvalue weighted by Crippen LogP contribution is 2.23. The molecule has 1 fully saturated rings. The van der Waals surface area contributed by atoms with Crippen molar-refractivity contribution in [1.82, 2.24) is 10.6 Å². The van der Waals surface area contributed by atoms with Crippen LogP contribution < -0.4 is 10.6 Å². The quantitative estimate of drug-likeness (QED) is 0.600. The first-order valence-corrected chi connectivity index (χ1v) is 6.30. The third kappa shape index (κ3) is 6.26. The van der Waals surface area contributed by atoms with Gasteiger partial charge in [0.1, 0.15) is 0 Å². The lowest BCUT2D eigenvalue weighted by molar-refractivity contribution is -0.137. The van der Waals surface area contributed by atoms with E-state index in [2.05, 4.69) is 17.6 Å². The summed E-state index contributed by atoms with van der Waals surface area (Å²) < 4.78 is 0. The van der Waals surface area contributed by atoms with Crippen LogP contribution >= 0.6 is 0 Å². The van der Waals surface area contributed by atoms with Gasteiger partial charge in [0.05, 0.1) is 13.0 Å². The van der Waals surface area contributed by atoms with Gasteiger partial charge in [-0.15, -0.1) is 0 Å². The van der Waals surface area contributed by atoms with Gasteiger partial charge >= 0.3 is 5.97 Å². The summed E-state index contributed by atoms with van der Waals surface area (Å²) in [7, 11) is 0. The zero-order chi connectivity index (χ0) is 12.7. The Morgan fingerprint density at radius 3 is 2.47 bits per heavy atom. The van der Waals surface area contributed by atoms with Gasteiger partial charge in [0.25, 0.3) is 0 Å². The summed E-state index contributed by atoms with van der Waals surface area (Å²) in [6.07, 6.45) is 4.52. The predicted molar refractivity (Wildman–Crippen MR) is 64.7 cm³/mol. The van der Waals surface area contributed by atoms with Crippen LogP contribution in [0, 0.1) is 5.92 Å². The largest absolute Gasteiger partial charge is 0.481 e. The molecule has 17 heavy (non-hydrogen) atoms. The van der Waals surface area contributed by atoms with Crippen LogP contribution in [-0.2, 0) is 9.59 Å². The number of hydrogen-bond donors (Lipinski definition) is 3. The first-order chi connectivity index (χ1) is 8.08. The summed E-state index contributed by atoms with van der Waals surface area (Å²) in [5.74, 6) is -0.106. The average molecular weight is 242 g/mol. The highest BCUT2D eigenvalue weighted by atomic mass is 16.4. The maximum Gasteiger partial charge on any atom is 0.304 e. The Morgan fingerprint density at radius 2 is 1.88 bits per heavy atom. The Morgan fingerprint density at radius 1 is 1.24 bits per heavy atom. The zero-order valence-electron chi connectivity index (χ0n) is 10.4. The lowest BCUT2D eigenvalue weighted by Gasteiger charge is -2.26. The van der Waals surface area contributed by atoms with Crippen molar-refractivity contribution in [2.24, 2.45) is 5.92 Å². The molecule has 1 aliphatic carbocycles. The van der Waals surface area contributed by atoms with E-state index in [1.807, 2.05) is 0 Å². The Kier molecular flexibility index (Phi) is 5.97. The van der Waals surface area contributed by atoms with Crippen LogP contribution in [0.4, 0.5) is 0 Å². The summed E-state index contributed by atoms with van der Waals surface area (Å²) in [5.41, 5.74) is 0. The van der Waals surface area contributed by atoms with Gasteiger partial charge in [0, 0.05) is 12.6 Å². The van der Waals surface area contributed by atoms with Gasteiger partial charge in [-0.2, -0.15) is 0 Å². The summed E-state index contributed by atoms with van der Waals surface area (Å²) in [4.78, 5) is 21.8. The maximum atomic E-state index is 11.5. The van der Waals surface area contributed by atoms with E-state index in [1.165, 1.54) is 12.8 Å². The number of rotatable bonds is 6. The van der Waals surface area contributed by atoms with Crippen molar-refractivity contribution in [2.75, 3.05) is 13.1 Å². The van der Waals surface area contributed by atoms with Gasteiger partial charge in [-0.1, -0.05) is 6.92 Å². The van der Waals surface area contributed by atoms with Crippen LogP contribution in [-0.4, -0.2) is 36.1 Å². The minimum Gasteiger partial charge on any atom is -0.481 e. The molecular formula is C12H22N2O3. The lowest BCUT2D eigenvalue weighted by atomic mass is 9.87. The van der Waals surface area contributed by atoms with Gasteiger partial charge < -0.3 is 15.7 Å². The van der Waals surface area contributed by atoms with Crippen LogP contribution in [0.1, 0.15) is 39.0 Å². The first-order valence-electron chi connectivity index (χ1n) is 6.30. The fourth-order valence-electron chi connectivity index (χ4n) is 2.08. The van der Waals surface area contributed by atoms with Crippen molar-refractivity contribution >= 4 is 11.9 Å². The molecule has 1 aliphatic rings. The number of aliphatic carboxylic acids is 1. The average Bonchev–Trinajstić information content (AvgIpc) is 2.27. The van der Waals surface area contributed by atoms with Crippen molar-refractivity contribution in [3.05, 3.63) is 0 Å². The fraction of sp³-hybridized carbons (Fsp3) is 0.833. The molecular weight excluding hydrogens is 220 g/mol. The van der Waals surface area contributed by atoms with Crippen LogP contribution in [0.5, 0.6) is 0 Å². The molecule has 3 N–H and O–H groups in total. The lowest BCUT2D eigenvalue weighted by Crippen LogP contribution is -2.42. The van der Waals surface area contributed by atoms with E-state index >= 15 is 0 Å². The monoisotopic (exact) mass is 242 g/mol. The molecule has 0 aromatic rings. The van der Waals surface area contributed by atoms with Gasteiger partial charge in [-0.3, -0.25) is 9.59 Å². The second-order valence-corrected chi connectivity index (χ2v) is 4.84. The van der Waals surface area contributed by atoms with E-state index in [0.29, 0.717) is 12.6 Å². The van der Waals surface area contributed by atoms with E-state index in [0.717, 1.165) is 18.8 Å². The third-order valence-corrected chi connectivity index (χ3v) is 3.18. The number of carbonyl (C=O) groups excluding carboxylic acids is 1. The number of carboxylic acid groups (broad SMARTS) is 1. The summed E-state index contributed by atoms with van der Waals surface area (Å²) in [6, 6.07) is 0.306. The molecule has 0 aromatic carbocycles. The Bertz CT molecular complexity index is 260. The summed E-state index contributed by atoms with van der Waals surface area (Å²) in [5, 5.41) is 14.2. The normalized spacial score (nSPS) is 24.3. The SMILES string of the molecule is CC1CCC(NC(=O)CNCCC(=O)O)CC1. The highest BCUT2D eigenvalue weighted by Gasteiger charge is 2.19. The Balaban J connectivity index is 2.06. The second-order valence-electron chi connectivity index (χ2n) is 4.84. The molecule has 0 radical (unpaired) electrons. The summed E-state index contributed by atoms with van der Waals surface area (Å²) in [6.45, 7) is 2.79. The van der Waals surface area contributed by atoms with E-state index < -0.39 is 5.97 Å². The predicted octanol–water partition coefficient (Wildman–Crippen LogP) is 0.746. The highest BCUT2D eigenvalue weighted by molar-refractivity contribution is 5.78. The second kappa shape index (κ2) is 7.27. The van der Waals surface area contributed by atoms with E-state index in [4.69, 9.17) is 5.11 Å².